The van der Waals surface area contributed by atoms with E-state index in [1.807, 2.05) is 23.9 Å². The zero-order valence-electron chi connectivity index (χ0n) is 20.5. The van der Waals surface area contributed by atoms with E-state index in [9.17, 15) is 35.1 Å². The standard InChI is InChI=1S/C25H32ClF8N2.ClH/c1-19-35(16-17-36(19)18-20-21(26)12-11-13-22(20)27)15-10-8-6-4-2-3-5-7-9-14-23(28,29)24(30,31)25(32,33)34;/h11-13,16-17H,2-10,14-15,18H2,1H3;1H/q+1;/p-1. The van der Waals surface area contributed by atoms with Gasteiger partial charge in [0.15, 0.2) is 0 Å². The third kappa shape index (κ3) is 9.30. The van der Waals surface area contributed by atoms with Crippen molar-refractivity contribution >= 4 is 11.6 Å². The van der Waals surface area contributed by atoms with Crippen LogP contribution in [0.5, 0.6) is 0 Å². The van der Waals surface area contributed by atoms with Crippen LogP contribution in [0.15, 0.2) is 30.6 Å². The lowest BCUT2D eigenvalue weighted by Gasteiger charge is -2.28. The van der Waals surface area contributed by atoms with Crippen molar-refractivity contribution in [1.29, 1.82) is 0 Å². The van der Waals surface area contributed by atoms with E-state index < -0.39 is 24.4 Å². The van der Waals surface area contributed by atoms with Crippen LogP contribution in [0, 0.1) is 12.7 Å². The molecule has 0 radical (unpaired) electrons. The molecule has 2 nitrogen and oxygen atoms in total. The van der Waals surface area contributed by atoms with Gasteiger partial charge in [-0.15, -0.1) is 0 Å². The molecule has 2 aromatic rings. The molecule has 0 unspecified atom stereocenters. The van der Waals surface area contributed by atoms with Gasteiger partial charge in [-0.2, -0.15) is 30.7 Å². The molecule has 0 atom stereocenters. The van der Waals surface area contributed by atoms with Crippen LogP contribution in [0.4, 0.5) is 35.1 Å². The van der Waals surface area contributed by atoms with Gasteiger partial charge in [-0.1, -0.05) is 56.2 Å². The third-order valence-electron chi connectivity index (χ3n) is 6.35. The van der Waals surface area contributed by atoms with Crippen molar-refractivity contribution in [3.63, 3.8) is 0 Å². The second kappa shape index (κ2) is 14.6. The number of aryl methyl sites for hydroxylation is 1. The summed E-state index contributed by atoms with van der Waals surface area (Å²) in [5.74, 6) is -10.5. The fourth-order valence-electron chi connectivity index (χ4n) is 4.03. The van der Waals surface area contributed by atoms with Crippen LogP contribution in [0.2, 0.25) is 5.02 Å². The zero-order valence-corrected chi connectivity index (χ0v) is 22.1. The van der Waals surface area contributed by atoms with Crippen molar-refractivity contribution in [2.45, 2.75) is 102 Å². The first-order valence-electron chi connectivity index (χ1n) is 12.1. The lowest BCUT2D eigenvalue weighted by molar-refractivity contribution is -0.694. The maximum atomic E-state index is 14.0. The predicted molar refractivity (Wildman–Crippen MR) is 122 cm³/mol. The second-order valence-electron chi connectivity index (χ2n) is 9.08. The highest BCUT2D eigenvalue weighted by Crippen LogP contribution is 2.48. The lowest BCUT2D eigenvalue weighted by atomic mass is 10.0. The normalized spacial score (nSPS) is 12.6. The molecule has 1 aromatic heterocycles. The summed E-state index contributed by atoms with van der Waals surface area (Å²) in [4.78, 5) is 0. The Labute approximate surface area is 223 Å². The molecular weight excluding hydrogens is 551 g/mol. The Morgan fingerprint density at radius 2 is 1.38 bits per heavy atom. The molecule has 0 N–H and O–H groups in total. The monoisotopic (exact) mass is 582 g/mol. The molecular formula is C25H32Cl2F8N2. The highest BCUT2D eigenvalue weighted by molar-refractivity contribution is 6.31. The summed E-state index contributed by atoms with van der Waals surface area (Å²) in [6.07, 6.45) is 1.82. The fraction of sp³-hybridized carbons (Fsp3) is 0.640. The molecule has 0 amide bonds. The van der Waals surface area contributed by atoms with E-state index in [0.29, 0.717) is 23.6 Å². The third-order valence-corrected chi connectivity index (χ3v) is 6.71. The van der Waals surface area contributed by atoms with Crippen LogP contribution in [0.1, 0.15) is 75.6 Å². The summed E-state index contributed by atoms with van der Waals surface area (Å²) in [5.41, 5.74) is 0.443. The number of unbranched alkanes of at least 4 members (excludes halogenated alkanes) is 8. The molecule has 0 fully saturated rings. The summed E-state index contributed by atoms with van der Waals surface area (Å²) in [6.45, 7) is 3.10. The Balaban J connectivity index is 0.00000684. The largest absolute Gasteiger partial charge is 1.00 e. The molecule has 0 bridgehead atoms. The first-order chi connectivity index (χ1) is 16.8. The maximum absolute atomic E-state index is 14.0. The van der Waals surface area contributed by atoms with Gasteiger partial charge in [-0.3, -0.25) is 0 Å². The van der Waals surface area contributed by atoms with Gasteiger partial charge in [0.05, 0.1) is 11.6 Å². The number of alkyl halides is 7. The Bertz CT molecular complexity index is 940. The molecule has 0 aliphatic heterocycles. The molecule has 37 heavy (non-hydrogen) atoms. The quantitative estimate of drug-likeness (QED) is 0.145. The number of aromatic nitrogens is 2. The highest BCUT2D eigenvalue weighted by atomic mass is 35.5. The van der Waals surface area contributed by atoms with E-state index in [2.05, 4.69) is 4.57 Å². The Morgan fingerprint density at radius 1 is 0.838 bits per heavy atom. The van der Waals surface area contributed by atoms with Gasteiger partial charge in [-0.05, 0) is 31.4 Å². The highest BCUT2D eigenvalue weighted by Gasteiger charge is 2.72. The fourth-order valence-corrected chi connectivity index (χ4v) is 4.25. The topological polar surface area (TPSA) is 8.81 Å². The second-order valence-corrected chi connectivity index (χ2v) is 9.48. The van der Waals surface area contributed by atoms with E-state index in [1.54, 1.807) is 12.1 Å². The summed E-state index contributed by atoms with van der Waals surface area (Å²) in [5, 5.41) is 0.385. The first kappa shape index (κ1) is 33.5. The van der Waals surface area contributed by atoms with Gasteiger partial charge < -0.3 is 12.4 Å². The van der Waals surface area contributed by atoms with Gasteiger partial charge in [0, 0.05) is 18.9 Å². The summed E-state index contributed by atoms with van der Waals surface area (Å²) >= 11 is 6.11. The van der Waals surface area contributed by atoms with Gasteiger partial charge in [0.25, 0.3) is 5.82 Å². The molecule has 0 aliphatic rings. The van der Waals surface area contributed by atoms with Crippen LogP contribution in [-0.2, 0) is 13.1 Å². The number of rotatable bonds is 15. The number of imidazole rings is 1. The first-order valence-corrected chi connectivity index (χ1v) is 12.5. The summed E-state index contributed by atoms with van der Waals surface area (Å²) in [7, 11) is 0. The molecule has 0 aliphatic carbocycles. The van der Waals surface area contributed by atoms with Gasteiger partial charge in [0.1, 0.15) is 24.8 Å². The number of hydrogen-bond acceptors (Lipinski definition) is 0. The minimum absolute atomic E-state index is 0. The van der Waals surface area contributed by atoms with Crippen LogP contribution >= 0.6 is 11.6 Å². The molecule has 1 heterocycles. The molecule has 2 rings (SSSR count). The number of benzene rings is 1. The molecule has 0 spiro atoms. The summed E-state index contributed by atoms with van der Waals surface area (Å²) < 4.78 is 107. The van der Waals surface area contributed by atoms with Crippen molar-refractivity contribution in [3.05, 3.63) is 52.8 Å². The van der Waals surface area contributed by atoms with Crippen molar-refractivity contribution in [3.8, 4) is 0 Å². The molecule has 0 saturated heterocycles. The number of nitrogens with zero attached hydrogens (tertiary/aromatic N) is 2. The smallest absolute Gasteiger partial charge is 0.459 e. The van der Waals surface area contributed by atoms with Crippen molar-refractivity contribution in [2.75, 3.05) is 0 Å². The van der Waals surface area contributed by atoms with Gasteiger partial charge in [-0.25, -0.2) is 13.5 Å². The maximum Gasteiger partial charge on any atom is 0.459 e. The molecule has 1 aromatic carbocycles. The minimum Gasteiger partial charge on any atom is -1.00 e. The molecule has 12 heteroatoms. The number of halogens is 10. The van der Waals surface area contributed by atoms with Gasteiger partial charge >= 0.3 is 18.0 Å². The average molecular weight is 583 g/mol. The molecule has 0 saturated carbocycles. The van der Waals surface area contributed by atoms with Crippen molar-refractivity contribution in [2.24, 2.45) is 0 Å². The Morgan fingerprint density at radius 3 is 1.92 bits per heavy atom. The minimum atomic E-state index is -6.26. The van der Waals surface area contributed by atoms with E-state index in [4.69, 9.17) is 11.6 Å². The van der Waals surface area contributed by atoms with E-state index in [0.717, 1.165) is 50.9 Å². The Kier molecular flexibility index (Phi) is 13.2. The van der Waals surface area contributed by atoms with Crippen LogP contribution in [0.25, 0.3) is 0 Å². The predicted octanol–water partition coefficient (Wildman–Crippen LogP) is 5.66. The van der Waals surface area contributed by atoms with Crippen LogP contribution < -0.4 is 17.0 Å². The van der Waals surface area contributed by atoms with Crippen LogP contribution in [0.3, 0.4) is 0 Å². The zero-order chi connectivity index (χ0) is 27.0. The van der Waals surface area contributed by atoms with Crippen molar-refractivity contribution in [1.82, 2.24) is 4.57 Å². The average Bonchev–Trinajstić information content (AvgIpc) is 3.13. The lowest BCUT2D eigenvalue weighted by Crippen LogP contribution is -3.00. The van der Waals surface area contributed by atoms with Crippen molar-refractivity contribution < 1.29 is 52.1 Å². The van der Waals surface area contributed by atoms with E-state index in [1.165, 1.54) is 6.07 Å². The number of hydrogen-bond donors (Lipinski definition) is 0. The Hall–Kier alpha value is -1.55. The molecule has 212 valence electrons. The van der Waals surface area contributed by atoms with E-state index in [-0.39, 0.29) is 31.1 Å². The summed E-state index contributed by atoms with van der Waals surface area (Å²) in [6, 6.07) is 4.61. The van der Waals surface area contributed by atoms with Gasteiger partial charge in [0.2, 0.25) is 0 Å². The SMILES string of the molecule is Cc1n(CCCCCCCCCCCC(F)(F)C(F)(F)C(F)(F)F)cc[n+]1Cc1c(F)cccc1Cl.[Cl-]. The van der Waals surface area contributed by atoms with Crippen LogP contribution in [-0.4, -0.2) is 22.6 Å². The van der Waals surface area contributed by atoms with E-state index >= 15 is 0 Å².